The highest BCUT2D eigenvalue weighted by molar-refractivity contribution is 8.03. The summed E-state index contributed by atoms with van der Waals surface area (Å²) in [7, 11) is 0. The summed E-state index contributed by atoms with van der Waals surface area (Å²) in [6.45, 7) is 4.99. The molecule has 1 aromatic rings. The molecule has 0 spiro atoms. The van der Waals surface area contributed by atoms with Crippen molar-refractivity contribution >= 4 is 29.1 Å². The molecule has 0 unspecified atom stereocenters. The third-order valence-electron chi connectivity index (χ3n) is 2.89. The molecule has 0 radical (unpaired) electrons. The Morgan fingerprint density at radius 2 is 2.28 bits per heavy atom. The first-order chi connectivity index (χ1) is 8.67. The van der Waals surface area contributed by atoms with E-state index in [9.17, 15) is 0 Å². The Kier molecular flexibility index (Phi) is 4.21. The van der Waals surface area contributed by atoms with Gasteiger partial charge in [-0.1, -0.05) is 36.7 Å². The number of nitriles is 1. The molecule has 0 atom stereocenters. The lowest BCUT2D eigenvalue weighted by molar-refractivity contribution is 0.777. The van der Waals surface area contributed by atoms with E-state index >= 15 is 0 Å². The van der Waals surface area contributed by atoms with Crippen LogP contribution in [0.4, 0.5) is 5.69 Å². The summed E-state index contributed by atoms with van der Waals surface area (Å²) in [4.78, 5) is 3.38. The lowest BCUT2D eigenvalue weighted by atomic mass is 10.2. The fourth-order valence-corrected chi connectivity index (χ4v) is 3.34. The third-order valence-corrected chi connectivity index (χ3v) is 4.39. The second kappa shape index (κ2) is 5.69. The number of rotatable bonds is 3. The molecule has 2 nitrogen and oxygen atoms in total. The first kappa shape index (κ1) is 13.3. The molecule has 1 aliphatic rings. The Hall–Kier alpha value is -1.11. The number of fused-ring (bicyclic) bond motifs is 1. The van der Waals surface area contributed by atoms with Gasteiger partial charge >= 0.3 is 0 Å². The van der Waals surface area contributed by atoms with Gasteiger partial charge in [0.25, 0.3) is 0 Å². The minimum Gasteiger partial charge on any atom is -0.334 e. The molecule has 0 N–H and O–H groups in total. The van der Waals surface area contributed by atoms with Crippen molar-refractivity contribution in [3.63, 3.8) is 0 Å². The number of anilines is 1. The topological polar surface area (TPSA) is 27.0 Å². The summed E-state index contributed by atoms with van der Waals surface area (Å²) in [5.74, 6) is 0. The number of thioether (sulfide) groups is 1. The first-order valence-corrected chi connectivity index (χ1v) is 7.22. The Balaban J connectivity index is 2.41. The number of hydrogen-bond acceptors (Lipinski definition) is 3. The number of halogens is 1. The molecule has 18 heavy (non-hydrogen) atoms. The van der Waals surface area contributed by atoms with Crippen LogP contribution < -0.4 is 4.90 Å². The van der Waals surface area contributed by atoms with E-state index in [2.05, 4.69) is 17.9 Å². The van der Waals surface area contributed by atoms with Gasteiger partial charge in [0.05, 0.1) is 22.4 Å². The molecule has 0 saturated carbocycles. The van der Waals surface area contributed by atoms with Gasteiger partial charge in [0, 0.05) is 16.5 Å². The van der Waals surface area contributed by atoms with Crippen LogP contribution >= 0.6 is 23.4 Å². The summed E-state index contributed by atoms with van der Waals surface area (Å²) in [5.41, 5.74) is 1.94. The lowest BCUT2D eigenvalue weighted by Gasteiger charge is -2.20. The van der Waals surface area contributed by atoms with Gasteiger partial charge in [-0.2, -0.15) is 5.26 Å². The van der Waals surface area contributed by atoms with Crippen molar-refractivity contribution in [2.24, 2.45) is 0 Å². The van der Waals surface area contributed by atoms with Gasteiger partial charge in [0.2, 0.25) is 0 Å². The van der Waals surface area contributed by atoms with Crippen LogP contribution in [0.5, 0.6) is 0 Å². The van der Waals surface area contributed by atoms with Crippen LogP contribution in [-0.2, 0) is 0 Å². The number of hydrogen-bond donors (Lipinski definition) is 0. The maximum Gasteiger partial charge on any atom is 0.0971 e. The standard InChI is InChI=1S/C14H15ClN2S/c1-3-4-7-17-12-6-5-11(15)8-13(12)18-14(17)10(2)9-16/h5-6,8H,3-4,7H2,1-2H3/b14-10+. The zero-order valence-electron chi connectivity index (χ0n) is 10.5. The second-order valence-electron chi connectivity index (χ2n) is 4.26. The summed E-state index contributed by atoms with van der Waals surface area (Å²) in [6, 6.07) is 8.16. The van der Waals surface area contributed by atoms with Crippen molar-refractivity contribution < 1.29 is 0 Å². The fourth-order valence-electron chi connectivity index (χ4n) is 1.93. The quantitative estimate of drug-likeness (QED) is 0.743. The predicted molar refractivity (Wildman–Crippen MR) is 77.9 cm³/mol. The van der Waals surface area contributed by atoms with Crippen molar-refractivity contribution in [3.8, 4) is 6.07 Å². The molecule has 1 aromatic carbocycles. The van der Waals surface area contributed by atoms with Gasteiger partial charge in [-0.15, -0.1) is 0 Å². The smallest absolute Gasteiger partial charge is 0.0971 e. The monoisotopic (exact) mass is 278 g/mol. The molecule has 0 bridgehead atoms. The molecular weight excluding hydrogens is 264 g/mol. The molecule has 4 heteroatoms. The van der Waals surface area contributed by atoms with Crippen molar-refractivity contribution in [1.82, 2.24) is 0 Å². The zero-order valence-corrected chi connectivity index (χ0v) is 12.1. The van der Waals surface area contributed by atoms with Crippen molar-refractivity contribution in [3.05, 3.63) is 33.8 Å². The van der Waals surface area contributed by atoms with E-state index in [1.807, 2.05) is 25.1 Å². The second-order valence-corrected chi connectivity index (χ2v) is 5.73. The molecule has 2 rings (SSSR count). The normalized spacial score (nSPS) is 16.4. The van der Waals surface area contributed by atoms with E-state index in [1.54, 1.807) is 11.8 Å². The van der Waals surface area contributed by atoms with Gasteiger partial charge in [-0.25, -0.2) is 0 Å². The van der Waals surface area contributed by atoms with Crippen LogP contribution in [0.2, 0.25) is 5.02 Å². The van der Waals surface area contributed by atoms with Gasteiger partial charge < -0.3 is 4.90 Å². The lowest BCUT2D eigenvalue weighted by Crippen LogP contribution is -2.19. The molecule has 0 aromatic heterocycles. The third kappa shape index (κ3) is 2.50. The minimum absolute atomic E-state index is 0.743. The molecule has 0 aliphatic carbocycles. The number of nitrogens with zero attached hydrogens (tertiary/aromatic N) is 2. The average Bonchev–Trinajstić information content (AvgIpc) is 2.73. The maximum atomic E-state index is 9.10. The molecule has 0 saturated heterocycles. The van der Waals surface area contributed by atoms with Crippen LogP contribution in [0, 0.1) is 11.3 Å². The van der Waals surface area contributed by atoms with Crippen LogP contribution in [0.25, 0.3) is 0 Å². The Morgan fingerprint density at radius 1 is 1.50 bits per heavy atom. The average molecular weight is 279 g/mol. The Labute approximate surface area is 117 Å². The maximum absolute atomic E-state index is 9.10. The molecule has 0 fully saturated rings. The van der Waals surface area contributed by atoms with E-state index in [0.717, 1.165) is 39.9 Å². The van der Waals surface area contributed by atoms with Crippen molar-refractivity contribution in [2.45, 2.75) is 31.6 Å². The predicted octanol–water partition coefficient (Wildman–Crippen LogP) is 4.81. The van der Waals surface area contributed by atoms with E-state index in [0.29, 0.717) is 0 Å². The minimum atomic E-state index is 0.743. The highest BCUT2D eigenvalue weighted by Gasteiger charge is 2.26. The van der Waals surface area contributed by atoms with Crippen LogP contribution in [0.3, 0.4) is 0 Å². The first-order valence-electron chi connectivity index (χ1n) is 6.03. The molecule has 1 heterocycles. The number of allylic oxidation sites excluding steroid dienone is 1. The zero-order chi connectivity index (χ0) is 13.1. The summed E-state index contributed by atoms with van der Waals surface area (Å²) < 4.78 is 0. The molecular formula is C14H15ClN2S. The summed E-state index contributed by atoms with van der Waals surface area (Å²) in [5, 5.41) is 10.9. The summed E-state index contributed by atoms with van der Waals surface area (Å²) >= 11 is 7.66. The Morgan fingerprint density at radius 3 is 2.94 bits per heavy atom. The van der Waals surface area contributed by atoms with Gasteiger partial charge in [-0.05, 0) is 31.5 Å². The van der Waals surface area contributed by atoms with E-state index in [-0.39, 0.29) is 0 Å². The van der Waals surface area contributed by atoms with Crippen molar-refractivity contribution in [1.29, 1.82) is 5.26 Å². The highest BCUT2D eigenvalue weighted by Crippen LogP contribution is 2.48. The van der Waals surface area contributed by atoms with Gasteiger partial charge in [0.15, 0.2) is 0 Å². The van der Waals surface area contributed by atoms with Crippen molar-refractivity contribution in [2.75, 3.05) is 11.4 Å². The SMILES string of the molecule is CCCCN1/C(=C(/C)C#N)Sc2cc(Cl)ccc21. The van der Waals surface area contributed by atoms with E-state index < -0.39 is 0 Å². The fraction of sp³-hybridized carbons (Fsp3) is 0.357. The highest BCUT2D eigenvalue weighted by atomic mass is 35.5. The van der Waals surface area contributed by atoms with E-state index in [4.69, 9.17) is 16.9 Å². The summed E-state index contributed by atoms with van der Waals surface area (Å²) in [6.07, 6.45) is 2.26. The molecule has 1 aliphatic heterocycles. The van der Waals surface area contributed by atoms with E-state index in [1.165, 1.54) is 5.69 Å². The number of unbranched alkanes of at least 4 members (excludes halogenated alkanes) is 1. The molecule has 94 valence electrons. The molecule has 0 amide bonds. The van der Waals surface area contributed by atoms with Crippen LogP contribution in [0.1, 0.15) is 26.7 Å². The van der Waals surface area contributed by atoms with Crippen LogP contribution in [-0.4, -0.2) is 6.54 Å². The largest absolute Gasteiger partial charge is 0.334 e. The number of benzene rings is 1. The van der Waals surface area contributed by atoms with Crippen LogP contribution in [0.15, 0.2) is 33.7 Å². The van der Waals surface area contributed by atoms with Gasteiger partial charge in [-0.3, -0.25) is 0 Å². The Bertz CT molecular complexity index is 531. The van der Waals surface area contributed by atoms with Gasteiger partial charge in [0.1, 0.15) is 0 Å².